The molecule has 4 heteroatoms. The van der Waals surface area contributed by atoms with Gasteiger partial charge in [0.05, 0.1) is 5.92 Å². The monoisotopic (exact) mass is 237 g/mol. The summed E-state index contributed by atoms with van der Waals surface area (Å²) >= 11 is 1.71. The molecule has 0 aliphatic carbocycles. The van der Waals surface area contributed by atoms with Crippen molar-refractivity contribution in [2.75, 3.05) is 12.8 Å². The molecule has 2 atom stereocenters. The van der Waals surface area contributed by atoms with E-state index in [0.29, 0.717) is 13.0 Å². The zero-order valence-corrected chi connectivity index (χ0v) is 9.96. The highest BCUT2D eigenvalue weighted by Gasteiger charge is 2.29. The Morgan fingerprint density at radius 2 is 2.12 bits per heavy atom. The van der Waals surface area contributed by atoms with E-state index >= 15 is 0 Å². The third kappa shape index (κ3) is 2.39. The summed E-state index contributed by atoms with van der Waals surface area (Å²) in [6.45, 7) is 0.574. The van der Waals surface area contributed by atoms with Crippen LogP contribution in [0.1, 0.15) is 18.0 Å². The minimum Gasteiger partial charge on any atom is -0.481 e. The summed E-state index contributed by atoms with van der Waals surface area (Å²) in [7, 11) is 0. The Bertz CT molecular complexity index is 377. The maximum Gasteiger partial charge on any atom is 0.307 e. The number of carboxylic acid groups (broad SMARTS) is 1. The maximum absolute atomic E-state index is 10.8. The summed E-state index contributed by atoms with van der Waals surface area (Å²) in [5.41, 5.74) is 1.18. The van der Waals surface area contributed by atoms with Crippen LogP contribution in [-0.2, 0) is 4.79 Å². The predicted molar refractivity (Wildman–Crippen MR) is 64.7 cm³/mol. The van der Waals surface area contributed by atoms with E-state index in [1.54, 1.807) is 11.8 Å². The van der Waals surface area contributed by atoms with Crippen molar-refractivity contribution < 1.29 is 9.90 Å². The van der Waals surface area contributed by atoms with Crippen molar-refractivity contribution in [1.29, 1.82) is 0 Å². The van der Waals surface area contributed by atoms with Crippen molar-refractivity contribution >= 4 is 17.7 Å². The lowest BCUT2D eigenvalue weighted by atomic mass is 10.0. The number of benzene rings is 1. The van der Waals surface area contributed by atoms with Crippen molar-refractivity contribution in [2.45, 2.75) is 17.4 Å². The number of thioether (sulfide) groups is 1. The minimum absolute atomic E-state index is 0.192. The van der Waals surface area contributed by atoms with Gasteiger partial charge in [0.25, 0.3) is 0 Å². The molecule has 0 saturated carbocycles. The van der Waals surface area contributed by atoms with E-state index in [1.807, 2.05) is 6.26 Å². The van der Waals surface area contributed by atoms with Crippen LogP contribution in [0.3, 0.4) is 0 Å². The molecular weight excluding hydrogens is 222 g/mol. The molecule has 16 heavy (non-hydrogen) atoms. The molecule has 1 fully saturated rings. The topological polar surface area (TPSA) is 49.3 Å². The third-order valence-corrected chi connectivity index (χ3v) is 3.74. The summed E-state index contributed by atoms with van der Waals surface area (Å²) < 4.78 is 0. The normalized spacial score (nSPS) is 24.6. The maximum atomic E-state index is 10.8. The van der Waals surface area contributed by atoms with Gasteiger partial charge in [-0.05, 0) is 30.4 Å². The van der Waals surface area contributed by atoms with Gasteiger partial charge in [-0.3, -0.25) is 4.79 Å². The molecule has 1 aromatic carbocycles. The Labute approximate surface area is 99.2 Å². The van der Waals surface area contributed by atoms with Crippen LogP contribution in [0.25, 0.3) is 0 Å². The molecule has 86 valence electrons. The smallest absolute Gasteiger partial charge is 0.307 e. The fourth-order valence-corrected chi connectivity index (χ4v) is 2.42. The number of carboxylic acids is 1. The van der Waals surface area contributed by atoms with E-state index in [1.165, 1.54) is 10.5 Å². The lowest BCUT2D eigenvalue weighted by molar-refractivity contribution is -0.141. The first-order valence-electron chi connectivity index (χ1n) is 5.31. The van der Waals surface area contributed by atoms with Gasteiger partial charge in [0, 0.05) is 17.5 Å². The molecule has 1 aliphatic rings. The number of carbonyl (C=O) groups is 1. The van der Waals surface area contributed by atoms with Gasteiger partial charge in [-0.15, -0.1) is 11.8 Å². The Hall–Kier alpha value is -1.00. The number of hydrogen-bond acceptors (Lipinski definition) is 3. The van der Waals surface area contributed by atoms with Crippen molar-refractivity contribution in [3.63, 3.8) is 0 Å². The molecule has 1 heterocycles. The molecular formula is C12H15NO2S. The van der Waals surface area contributed by atoms with Crippen LogP contribution in [0.2, 0.25) is 0 Å². The zero-order valence-electron chi connectivity index (χ0n) is 9.14. The number of aliphatic carboxylic acids is 1. The van der Waals surface area contributed by atoms with E-state index in [2.05, 4.69) is 29.6 Å². The molecule has 0 spiro atoms. The molecule has 2 rings (SSSR count). The minimum atomic E-state index is -0.698. The van der Waals surface area contributed by atoms with E-state index in [0.717, 1.165) is 0 Å². The van der Waals surface area contributed by atoms with E-state index < -0.39 is 5.97 Å². The second kappa shape index (κ2) is 4.89. The Kier molecular flexibility index (Phi) is 3.51. The van der Waals surface area contributed by atoms with Crippen LogP contribution in [0.5, 0.6) is 0 Å². The summed E-state index contributed by atoms with van der Waals surface area (Å²) in [5.74, 6) is -0.944. The van der Waals surface area contributed by atoms with Crippen LogP contribution in [0.15, 0.2) is 29.2 Å². The Morgan fingerprint density at radius 3 is 2.62 bits per heavy atom. The molecule has 0 aromatic heterocycles. The fraction of sp³-hybridized carbons (Fsp3) is 0.417. The largest absolute Gasteiger partial charge is 0.481 e. The van der Waals surface area contributed by atoms with E-state index in [-0.39, 0.29) is 12.0 Å². The molecule has 0 amide bonds. The van der Waals surface area contributed by atoms with Gasteiger partial charge in [-0.1, -0.05) is 12.1 Å². The Balaban J connectivity index is 2.05. The second-order valence-corrected chi connectivity index (χ2v) is 4.88. The molecule has 2 N–H and O–H groups in total. The first kappa shape index (κ1) is 11.5. The molecule has 0 bridgehead atoms. The van der Waals surface area contributed by atoms with Gasteiger partial charge in [0.1, 0.15) is 0 Å². The lowest BCUT2D eigenvalue weighted by Gasteiger charge is -2.10. The van der Waals surface area contributed by atoms with Crippen LogP contribution < -0.4 is 5.32 Å². The van der Waals surface area contributed by atoms with Crippen molar-refractivity contribution in [3.8, 4) is 0 Å². The highest BCUT2D eigenvalue weighted by Crippen LogP contribution is 2.28. The van der Waals surface area contributed by atoms with Gasteiger partial charge in [-0.2, -0.15) is 0 Å². The highest BCUT2D eigenvalue weighted by molar-refractivity contribution is 7.98. The van der Waals surface area contributed by atoms with Gasteiger partial charge < -0.3 is 10.4 Å². The standard InChI is InChI=1S/C12H15NO2S/c1-16-10-4-2-8(3-5-10)11-6-9(7-13-11)12(14)15/h2-5,9,11,13H,6-7H2,1H3,(H,14,15). The Morgan fingerprint density at radius 1 is 1.44 bits per heavy atom. The molecule has 1 aromatic rings. The summed E-state index contributed by atoms with van der Waals surface area (Å²) in [6.07, 6.45) is 2.73. The van der Waals surface area contributed by atoms with Crippen LogP contribution in [0, 0.1) is 5.92 Å². The lowest BCUT2D eigenvalue weighted by Crippen LogP contribution is -2.17. The van der Waals surface area contributed by atoms with E-state index in [4.69, 9.17) is 5.11 Å². The van der Waals surface area contributed by atoms with Gasteiger partial charge in [0.15, 0.2) is 0 Å². The molecule has 1 aliphatic heterocycles. The van der Waals surface area contributed by atoms with Gasteiger partial charge in [0.2, 0.25) is 0 Å². The van der Waals surface area contributed by atoms with Crippen LogP contribution >= 0.6 is 11.8 Å². The SMILES string of the molecule is CSc1ccc(C2CC(C(=O)O)CN2)cc1. The van der Waals surface area contributed by atoms with Crippen molar-refractivity contribution in [1.82, 2.24) is 5.32 Å². The average molecular weight is 237 g/mol. The average Bonchev–Trinajstić information content (AvgIpc) is 2.78. The quantitative estimate of drug-likeness (QED) is 0.791. The van der Waals surface area contributed by atoms with Crippen LogP contribution in [-0.4, -0.2) is 23.9 Å². The van der Waals surface area contributed by atoms with E-state index in [9.17, 15) is 4.79 Å². The van der Waals surface area contributed by atoms with Crippen molar-refractivity contribution in [3.05, 3.63) is 29.8 Å². The van der Waals surface area contributed by atoms with Gasteiger partial charge in [-0.25, -0.2) is 0 Å². The molecule has 0 radical (unpaired) electrons. The fourth-order valence-electron chi connectivity index (χ4n) is 2.01. The number of hydrogen-bond donors (Lipinski definition) is 2. The summed E-state index contributed by atoms with van der Waals surface area (Å²) in [4.78, 5) is 12.1. The first-order valence-corrected chi connectivity index (χ1v) is 6.53. The number of nitrogens with one attached hydrogen (secondary N) is 1. The third-order valence-electron chi connectivity index (χ3n) is 3.00. The second-order valence-electron chi connectivity index (χ2n) is 4.00. The first-order chi connectivity index (χ1) is 7.70. The molecule has 1 saturated heterocycles. The number of rotatable bonds is 3. The van der Waals surface area contributed by atoms with Crippen LogP contribution in [0.4, 0.5) is 0 Å². The summed E-state index contributed by atoms with van der Waals surface area (Å²) in [6, 6.07) is 8.50. The molecule has 2 unspecified atom stereocenters. The molecule has 3 nitrogen and oxygen atoms in total. The predicted octanol–water partition coefficient (Wildman–Crippen LogP) is 2.14. The highest BCUT2D eigenvalue weighted by atomic mass is 32.2. The summed E-state index contributed by atoms with van der Waals surface area (Å²) in [5, 5.41) is 12.2. The zero-order chi connectivity index (χ0) is 11.5. The van der Waals surface area contributed by atoms with Crippen molar-refractivity contribution in [2.24, 2.45) is 5.92 Å². The van der Waals surface area contributed by atoms with Gasteiger partial charge >= 0.3 is 5.97 Å².